The Bertz CT molecular complexity index is 591. The van der Waals surface area contributed by atoms with Crippen LogP contribution in [0.15, 0.2) is 42.5 Å². The Hall–Kier alpha value is -2.36. The van der Waals surface area contributed by atoms with Crippen molar-refractivity contribution in [3.05, 3.63) is 59.4 Å². The van der Waals surface area contributed by atoms with Gasteiger partial charge in [0.2, 0.25) is 0 Å². The average molecular weight is 260 g/mol. The first kappa shape index (κ1) is 13.1. The van der Waals surface area contributed by atoms with Crippen molar-refractivity contribution < 1.29 is 19.0 Å². The summed E-state index contributed by atoms with van der Waals surface area (Å²) in [6, 6.07) is 10.4. The summed E-state index contributed by atoms with van der Waals surface area (Å²) < 4.78 is 18.2. The number of phenolic OH excluding ortho intramolecular Hbond substituents is 1. The third-order valence-electron chi connectivity index (χ3n) is 2.67. The van der Waals surface area contributed by atoms with Gasteiger partial charge < -0.3 is 9.84 Å². The van der Waals surface area contributed by atoms with Crippen LogP contribution in [-0.2, 0) is 6.61 Å². The molecule has 0 saturated carbocycles. The van der Waals surface area contributed by atoms with Crippen LogP contribution in [-0.4, -0.2) is 10.9 Å². The van der Waals surface area contributed by atoms with Gasteiger partial charge in [-0.3, -0.25) is 4.79 Å². The van der Waals surface area contributed by atoms with Crippen LogP contribution in [0, 0.1) is 5.82 Å². The zero-order valence-corrected chi connectivity index (χ0v) is 10.4. The molecule has 0 aliphatic heterocycles. The molecule has 0 saturated heterocycles. The lowest BCUT2D eigenvalue weighted by Gasteiger charge is -2.08. The van der Waals surface area contributed by atoms with Gasteiger partial charge in [0.25, 0.3) is 0 Å². The summed E-state index contributed by atoms with van der Waals surface area (Å²) in [5.74, 6) is -0.120. The van der Waals surface area contributed by atoms with Crippen LogP contribution in [0.5, 0.6) is 11.5 Å². The summed E-state index contributed by atoms with van der Waals surface area (Å²) in [6.45, 7) is 1.64. The second-order valence-corrected chi connectivity index (χ2v) is 4.15. The van der Waals surface area contributed by atoms with E-state index in [1.165, 1.54) is 31.2 Å². The van der Waals surface area contributed by atoms with Crippen molar-refractivity contribution >= 4 is 5.78 Å². The van der Waals surface area contributed by atoms with E-state index in [2.05, 4.69) is 0 Å². The smallest absolute Gasteiger partial charge is 0.163 e. The molecule has 0 bridgehead atoms. The zero-order valence-electron chi connectivity index (χ0n) is 10.4. The highest BCUT2D eigenvalue weighted by Crippen LogP contribution is 2.24. The number of carbonyl (C=O) groups is 1. The summed E-state index contributed by atoms with van der Waals surface area (Å²) in [5, 5.41) is 9.50. The van der Waals surface area contributed by atoms with Crippen molar-refractivity contribution in [3.63, 3.8) is 0 Å². The Labute approximate surface area is 110 Å². The second kappa shape index (κ2) is 5.52. The van der Waals surface area contributed by atoms with Crippen LogP contribution in [0.25, 0.3) is 0 Å². The molecule has 0 unspecified atom stereocenters. The SMILES string of the molecule is CC(=O)c1cc(OCc2ccc(F)cc2)ccc1O. The molecule has 0 aliphatic rings. The van der Waals surface area contributed by atoms with Crippen LogP contribution in [0.4, 0.5) is 4.39 Å². The predicted octanol–water partition coefficient (Wildman–Crippen LogP) is 3.31. The maximum Gasteiger partial charge on any atom is 0.163 e. The number of halogens is 1. The molecule has 2 aromatic carbocycles. The zero-order chi connectivity index (χ0) is 13.8. The summed E-state index contributed by atoms with van der Waals surface area (Å²) in [6.07, 6.45) is 0. The lowest BCUT2D eigenvalue weighted by Crippen LogP contribution is -1.98. The van der Waals surface area contributed by atoms with Gasteiger partial charge in [-0.05, 0) is 42.8 Å². The highest BCUT2D eigenvalue weighted by atomic mass is 19.1. The molecule has 0 fully saturated rings. The van der Waals surface area contributed by atoms with Crippen LogP contribution in [0.2, 0.25) is 0 Å². The van der Waals surface area contributed by atoms with E-state index in [0.29, 0.717) is 5.75 Å². The molecule has 0 spiro atoms. The van der Waals surface area contributed by atoms with Crippen molar-refractivity contribution in [1.29, 1.82) is 0 Å². The number of carbonyl (C=O) groups excluding carboxylic acids is 1. The number of hydrogen-bond acceptors (Lipinski definition) is 3. The highest BCUT2D eigenvalue weighted by Gasteiger charge is 2.08. The Morgan fingerprint density at radius 1 is 1.21 bits per heavy atom. The molecule has 98 valence electrons. The number of ether oxygens (including phenoxy) is 1. The van der Waals surface area contributed by atoms with Crippen molar-refractivity contribution in [2.45, 2.75) is 13.5 Å². The van der Waals surface area contributed by atoms with Gasteiger partial charge in [0.15, 0.2) is 5.78 Å². The second-order valence-electron chi connectivity index (χ2n) is 4.15. The van der Waals surface area contributed by atoms with Gasteiger partial charge in [0.05, 0.1) is 5.56 Å². The monoisotopic (exact) mass is 260 g/mol. The van der Waals surface area contributed by atoms with E-state index < -0.39 is 0 Å². The molecule has 1 N–H and O–H groups in total. The van der Waals surface area contributed by atoms with Gasteiger partial charge in [0, 0.05) is 0 Å². The lowest BCUT2D eigenvalue weighted by atomic mass is 10.1. The van der Waals surface area contributed by atoms with Crippen LogP contribution in [0.1, 0.15) is 22.8 Å². The van der Waals surface area contributed by atoms with E-state index in [1.54, 1.807) is 18.2 Å². The summed E-state index contributed by atoms with van der Waals surface area (Å²) >= 11 is 0. The van der Waals surface area contributed by atoms with Gasteiger partial charge >= 0.3 is 0 Å². The quantitative estimate of drug-likeness (QED) is 0.858. The van der Waals surface area contributed by atoms with Crippen LogP contribution >= 0.6 is 0 Å². The van der Waals surface area contributed by atoms with E-state index in [0.717, 1.165) is 5.56 Å². The normalized spacial score (nSPS) is 10.2. The first-order valence-corrected chi connectivity index (χ1v) is 5.77. The molecule has 2 aromatic rings. The fraction of sp³-hybridized carbons (Fsp3) is 0.133. The third kappa shape index (κ3) is 3.31. The maximum absolute atomic E-state index is 12.7. The third-order valence-corrected chi connectivity index (χ3v) is 2.67. The molecule has 0 aromatic heterocycles. The number of Topliss-reactive ketones (excluding diaryl/α,β-unsaturated/α-hetero) is 1. The lowest BCUT2D eigenvalue weighted by molar-refractivity contribution is 0.101. The highest BCUT2D eigenvalue weighted by molar-refractivity contribution is 5.97. The van der Waals surface area contributed by atoms with Gasteiger partial charge in [-0.25, -0.2) is 4.39 Å². The molecule has 0 atom stereocenters. The van der Waals surface area contributed by atoms with Gasteiger partial charge in [0.1, 0.15) is 23.9 Å². The van der Waals surface area contributed by atoms with E-state index in [4.69, 9.17) is 4.74 Å². The van der Waals surface area contributed by atoms with Gasteiger partial charge in [-0.2, -0.15) is 0 Å². The average Bonchev–Trinajstić information content (AvgIpc) is 2.39. The Morgan fingerprint density at radius 2 is 1.89 bits per heavy atom. The van der Waals surface area contributed by atoms with E-state index in [1.807, 2.05) is 0 Å². The Morgan fingerprint density at radius 3 is 2.53 bits per heavy atom. The molecule has 0 aliphatic carbocycles. The minimum atomic E-state index is -0.299. The molecule has 0 amide bonds. The summed E-state index contributed by atoms with van der Waals surface area (Å²) in [7, 11) is 0. The first-order valence-electron chi connectivity index (χ1n) is 5.77. The van der Waals surface area contributed by atoms with Crippen molar-refractivity contribution in [3.8, 4) is 11.5 Å². The molecule has 0 heterocycles. The number of rotatable bonds is 4. The largest absolute Gasteiger partial charge is 0.507 e. The fourth-order valence-corrected chi connectivity index (χ4v) is 1.63. The van der Waals surface area contributed by atoms with Crippen LogP contribution < -0.4 is 4.74 Å². The van der Waals surface area contributed by atoms with Gasteiger partial charge in [-0.15, -0.1) is 0 Å². The molecular weight excluding hydrogens is 247 g/mol. The number of benzene rings is 2. The van der Waals surface area contributed by atoms with Crippen molar-refractivity contribution in [2.75, 3.05) is 0 Å². The topological polar surface area (TPSA) is 46.5 Å². The standard InChI is InChI=1S/C15H13FO3/c1-10(17)14-8-13(6-7-15(14)18)19-9-11-2-4-12(16)5-3-11/h2-8,18H,9H2,1H3. The summed E-state index contributed by atoms with van der Waals surface area (Å²) in [4.78, 5) is 11.3. The molecule has 19 heavy (non-hydrogen) atoms. The Kier molecular flexibility index (Phi) is 3.80. The van der Waals surface area contributed by atoms with Crippen molar-refractivity contribution in [1.82, 2.24) is 0 Å². The minimum Gasteiger partial charge on any atom is -0.507 e. The number of hydrogen-bond donors (Lipinski definition) is 1. The van der Waals surface area contributed by atoms with E-state index >= 15 is 0 Å². The fourth-order valence-electron chi connectivity index (χ4n) is 1.63. The molecular formula is C15H13FO3. The van der Waals surface area contributed by atoms with Crippen molar-refractivity contribution in [2.24, 2.45) is 0 Å². The number of aromatic hydroxyl groups is 1. The minimum absolute atomic E-state index is 0.0679. The van der Waals surface area contributed by atoms with E-state index in [9.17, 15) is 14.3 Å². The Balaban J connectivity index is 2.09. The molecule has 4 heteroatoms. The van der Waals surface area contributed by atoms with Crippen LogP contribution in [0.3, 0.4) is 0 Å². The number of phenols is 1. The predicted molar refractivity (Wildman–Crippen MR) is 68.8 cm³/mol. The van der Waals surface area contributed by atoms with E-state index in [-0.39, 0.29) is 29.5 Å². The molecule has 3 nitrogen and oxygen atoms in total. The van der Waals surface area contributed by atoms with Gasteiger partial charge in [-0.1, -0.05) is 12.1 Å². The summed E-state index contributed by atoms with van der Waals surface area (Å²) in [5.41, 5.74) is 1.04. The first-order chi connectivity index (χ1) is 9.06. The maximum atomic E-state index is 12.7. The molecule has 2 rings (SSSR count). The molecule has 0 radical (unpaired) electrons. The number of ketones is 1.